The van der Waals surface area contributed by atoms with Crippen molar-refractivity contribution in [1.29, 1.82) is 0 Å². The normalized spacial score (nSPS) is 26.9. The zero-order chi connectivity index (χ0) is 26.0. The molecular formula is C28H36N4O4S. The quantitative estimate of drug-likeness (QED) is 0.535. The van der Waals surface area contributed by atoms with Crippen LogP contribution < -0.4 is 16.0 Å². The summed E-state index contributed by atoms with van der Waals surface area (Å²) in [6.07, 6.45) is 5.44. The molecule has 0 radical (unpaired) electrons. The number of urea groups is 1. The Morgan fingerprint density at radius 2 is 1.73 bits per heavy atom. The van der Waals surface area contributed by atoms with Crippen LogP contribution in [0, 0.1) is 11.8 Å². The number of para-hydroxylation sites is 1. The number of likely N-dealkylation sites (tertiary alicyclic amines) is 1. The number of hydrogen-bond acceptors (Lipinski definition) is 5. The van der Waals surface area contributed by atoms with Crippen LogP contribution in [0.4, 0.5) is 10.5 Å². The first-order valence-corrected chi connectivity index (χ1v) is 15.3. The Kier molecular flexibility index (Phi) is 7.42. The van der Waals surface area contributed by atoms with Gasteiger partial charge in [-0.3, -0.25) is 4.79 Å². The van der Waals surface area contributed by atoms with Crippen LogP contribution in [0.2, 0.25) is 0 Å². The molecule has 0 unspecified atom stereocenters. The van der Waals surface area contributed by atoms with Gasteiger partial charge in [-0.1, -0.05) is 61.4 Å². The molecule has 9 heteroatoms. The Balaban J connectivity index is 1.35. The molecule has 2 aromatic rings. The largest absolute Gasteiger partial charge is 0.378 e. The summed E-state index contributed by atoms with van der Waals surface area (Å²) in [7, 11) is -3.16. The van der Waals surface area contributed by atoms with E-state index in [2.05, 4.69) is 57.2 Å². The van der Waals surface area contributed by atoms with E-state index in [0.29, 0.717) is 6.54 Å². The Bertz CT molecular complexity index is 1240. The molecule has 2 aliphatic heterocycles. The molecule has 0 aromatic heterocycles. The molecule has 1 saturated carbocycles. The molecule has 0 spiro atoms. The second-order valence-electron chi connectivity index (χ2n) is 10.6. The lowest BCUT2D eigenvalue weighted by Crippen LogP contribution is -2.52. The highest BCUT2D eigenvalue weighted by atomic mass is 32.2. The third-order valence-electron chi connectivity index (χ3n) is 8.06. The molecule has 3 aliphatic rings. The number of amides is 3. The van der Waals surface area contributed by atoms with E-state index in [4.69, 9.17) is 0 Å². The number of fused-ring (bicyclic) bond motifs is 3. The number of benzene rings is 2. The first-order valence-electron chi connectivity index (χ1n) is 13.2. The topological polar surface area (TPSA) is 108 Å². The smallest absolute Gasteiger partial charge is 0.315 e. The SMILES string of the molecule is CS(=O)(=O)CCNC(=O)N[C@@H]1CCCC[C@@H]1C(=O)N1CC[C@@H]2[C@H](c3ccccc3)Nc3ccccc3[C@@H]21. The molecule has 1 saturated heterocycles. The average molecular weight is 525 g/mol. The number of anilines is 1. The van der Waals surface area contributed by atoms with E-state index in [-0.39, 0.29) is 48.2 Å². The Hall–Kier alpha value is -3.07. The van der Waals surface area contributed by atoms with Gasteiger partial charge in [-0.15, -0.1) is 0 Å². The summed E-state index contributed by atoms with van der Waals surface area (Å²) in [5.41, 5.74) is 3.45. The molecule has 5 rings (SSSR count). The zero-order valence-electron chi connectivity index (χ0n) is 21.2. The number of carbonyl (C=O) groups is 2. The number of sulfone groups is 1. The Morgan fingerprint density at radius 3 is 2.51 bits per heavy atom. The van der Waals surface area contributed by atoms with Crippen LogP contribution in [0.3, 0.4) is 0 Å². The molecule has 2 aromatic carbocycles. The molecule has 0 bridgehead atoms. The van der Waals surface area contributed by atoms with Crippen LogP contribution in [-0.4, -0.2) is 56.4 Å². The van der Waals surface area contributed by atoms with Crippen molar-refractivity contribution in [2.24, 2.45) is 11.8 Å². The molecule has 3 N–H and O–H groups in total. The third-order valence-corrected chi connectivity index (χ3v) is 9.01. The van der Waals surface area contributed by atoms with Crippen molar-refractivity contribution in [1.82, 2.24) is 15.5 Å². The summed E-state index contributed by atoms with van der Waals surface area (Å²) in [6, 6.07) is 18.2. The zero-order valence-corrected chi connectivity index (χ0v) is 22.0. The fraction of sp³-hybridized carbons (Fsp3) is 0.500. The fourth-order valence-electron chi connectivity index (χ4n) is 6.34. The minimum absolute atomic E-state index is 0.0127. The minimum atomic E-state index is -3.16. The number of rotatable bonds is 6. The van der Waals surface area contributed by atoms with Gasteiger partial charge in [0.05, 0.1) is 23.8 Å². The number of hydrogen-bond donors (Lipinski definition) is 3. The van der Waals surface area contributed by atoms with Crippen molar-refractivity contribution < 1.29 is 18.0 Å². The van der Waals surface area contributed by atoms with Crippen molar-refractivity contribution in [3.63, 3.8) is 0 Å². The van der Waals surface area contributed by atoms with Crippen molar-refractivity contribution >= 4 is 27.5 Å². The van der Waals surface area contributed by atoms with Crippen molar-refractivity contribution in [3.8, 4) is 0 Å². The lowest BCUT2D eigenvalue weighted by molar-refractivity contribution is -0.138. The van der Waals surface area contributed by atoms with Gasteiger partial charge in [0, 0.05) is 37.0 Å². The number of nitrogens with zero attached hydrogens (tertiary/aromatic N) is 1. The van der Waals surface area contributed by atoms with Gasteiger partial charge in [-0.2, -0.15) is 0 Å². The van der Waals surface area contributed by atoms with Gasteiger partial charge in [0.15, 0.2) is 0 Å². The van der Waals surface area contributed by atoms with Crippen LogP contribution in [0.15, 0.2) is 54.6 Å². The molecule has 3 amide bonds. The molecule has 2 fully saturated rings. The number of carbonyl (C=O) groups excluding carboxylic acids is 2. The summed E-state index contributed by atoms with van der Waals surface area (Å²) < 4.78 is 22.8. The van der Waals surface area contributed by atoms with E-state index >= 15 is 0 Å². The van der Waals surface area contributed by atoms with Gasteiger partial charge < -0.3 is 20.9 Å². The molecule has 198 valence electrons. The van der Waals surface area contributed by atoms with E-state index in [9.17, 15) is 18.0 Å². The maximum atomic E-state index is 14.1. The van der Waals surface area contributed by atoms with E-state index in [1.807, 2.05) is 18.2 Å². The highest BCUT2D eigenvalue weighted by molar-refractivity contribution is 7.90. The van der Waals surface area contributed by atoms with Crippen LogP contribution in [0.25, 0.3) is 0 Å². The molecule has 5 atom stereocenters. The van der Waals surface area contributed by atoms with E-state index in [1.165, 1.54) is 5.56 Å². The highest BCUT2D eigenvalue weighted by Gasteiger charge is 2.48. The Labute approximate surface area is 219 Å². The first kappa shape index (κ1) is 25.6. The van der Waals surface area contributed by atoms with Crippen molar-refractivity contribution in [3.05, 3.63) is 65.7 Å². The lowest BCUT2D eigenvalue weighted by atomic mass is 9.79. The van der Waals surface area contributed by atoms with E-state index in [1.54, 1.807) is 0 Å². The molecule has 2 heterocycles. The average Bonchev–Trinajstić information content (AvgIpc) is 3.33. The summed E-state index contributed by atoms with van der Waals surface area (Å²) >= 11 is 0. The minimum Gasteiger partial charge on any atom is -0.378 e. The summed E-state index contributed by atoms with van der Waals surface area (Å²) in [4.78, 5) is 28.7. The second-order valence-corrected chi connectivity index (χ2v) is 12.8. The Morgan fingerprint density at radius 1 is 1.00 bits per heavy atom. The van der Waals surface area contributed by atoms with Gasteiger partial charge in [0.1, 0.15) is 9.84 Å². The van der Waals surface area contributed by atoms with Crippen LogP contribution in [0.5, 0.6) is 0 Å². The predicted molar refractivity (Wildman–Crippen MR) is 144 cm³/mol. The van der Waals surface area contributed by atoms with Gasteiger partial charge in [0.2, 0.25) is 5.91 Å². The summed E-state index contributed by atoms with van der Waals surface area (Å²) in [5, 5.41) is 9.36. The second kappa shape index (κ2) is 10.7. The summed E-state index contributed by atoms with van der Waals surface area (Å²) in [5.74, 6) is -0.0292. The first-order chi connectivity index (χ1) is 17.8. The van der Waals surface area contributed by atoms with Gasteiger partial charge in [-0.05, 0) is 36.5 Å². The third kappa shape index (κ3) is 5.61. The standard InChI is InChI=1S/C28H36N4O4S/c1-37(35,36)18-16-29-28(34)31-24-14-8-6-12-21(24)27(33)32-17-15-22-25(19-9-3-2-4-10-19)30-23-13-7-5-11-20(23)26(22)32/h2-5,7,9-11,13,21-22,24-26,30H,6,8,12,14-18H2,1H3,(H2,29,31,34)/t21-,22+,24+,25-,26-/m0/s1. The molecule has 8 nitrogen and oxygen atoms in total. The highest BCUT2D eigenvalue weighted by Crippen LogP contribution is 2.51. The van der Waals surface area contributed by atoms with Gasteiger partial charge >= 0.3 is 6.03 Å². The van der Waals surface area contributed by atoms with E-state index in [0.717, 1.165) is 49.6 Å². The maximum absolute atomic E-state index is 14.1. The molecular weight excluding hydrogens is 488 g/mol. The molecule has 37 heavy (non-hydrogen) atoms. The van der Waals surface area contributed by atoms with Crippen LogP contribution in [-0.2, 0) is 14.6 Å². The maximum Gasteiger partial charge on any atom is 0.315 e. The predicted octanol–water partition coefficient (Wildman–Crippen LogP) is 3.65. The number of nitrogens with one attached hydrogen (secondary N) is 3. The van der Waals surface area contributed by atoms with Gasteiger partial charge in [0.25, 0.3) is 0 Å². The molecule has 1 aliphatic carbocycles. The van der Waals surface area contributed by atoms with Crippen LogP contribution >= 0.6 is 0 Å². The fourth-order valence-corrected chi connectivity index (χ4v) is 6.82. The van der Waals surface area contributed by atoms with Crippen LogP contribution in [0.1, 0.15) is 55.3 Å². The van der Waals surface area contributed by atoms with Crippen molar-refractivity contribution in [2.45, 2.75) is 50.2 Å². The van der Waals surface area contributed by atoms with Gasteiger partial charge in [-0.25, -0.2) is 13.2 Å². The van der Waals surface area contributed by atoms with E-state index < -0.39 is 15.9 Å². The van der Waals surface area contributed by atoms with Crippen molar-refractivity contribution in [2.75, 3.05) is 30.4 Å². The summed E-state index contributed by atoms with van der Waals surface area (Å²) in [6.45, 7) is 0.744. The lowest BCUT2D eigenvalue weighted by Gasteiger charge is -2.42. The monoisotopic (exact) mass is 524 g/mol.